The number of oxime groups is 1. The molecule has 0 aliphatic rings. The van der Waals surface area contributed by atoms with Crippen LogP contribution in [0, 0.1) is 0 Å². The summed E-state index contributed by atoms with van der Waals surface area (Å²) in [5, 5.41) is 18.3. The Balaban J connectivity index is 3.09. The first-order chi connectivity index (χ1) is 7.04. The van der Waals surface area contributed by atoms with Crippen molar-refractivity contribution < 1.29 is 10.0 Å². The van der Waals surface area contributed by atoms with Crippen molar-refractivity contribution in [1.29, 1.82) is 0 Å². The maximum Gasteiger partial charge on any atom is 0.271 e. The Hall–Kier alpha value is -1.85. The highest BCUT2D eigenvalue weighted by molar-refractivity contribution is 6.41. The summed E-state index contributed by atoms with van der Waals surface area (Å²) in [6.45, 7) is 3.48. The summed E-state index contributed by atoms with van der Waals surface area (Å²) in [6, 6.07) is 1.74. The second-order valence-electron chi connectivity index (χ2n) is 3.54. The van der Waals surface area contributed by atoms with E-state index in [0.717, 1.165) is 0 Å². The summed E-state index contributed by atoms with van der Waals surface area (Å²) < 4.78 is 1.55. The van der Waals surface area contributed by atoms with Gasteiger partial charge in [-0.1, -0.05) is 5.16 Å². The lowest BCUT2D eigenvalue weighted by Gasteiger charge is -2.24. The maximum atomic E-state index is 11.4. The van der Waals surface area contributed by atoms with Crippen LogP contribution in [0.2, 0.25) is 0 Å². The smallest absolute Gasteiger partial charge is 0.271 e. The number of hydrogen-bond acceptors (Lipinski definition) is 4. The van der Waals surface area contributed by atoms with Gasteiger partial charge in [0.1, 0.15) is 5.54 Å². The molecule has 0 aliphatic carbocycles. The first-order valence-corrected chi connectivity index (χ1v) is 4.48. The Bertz CT molecular complexity index is 367. The summed E-state index contributed by atoms with van der Waals surface area (Å²) in [7, 11) is 1.48. The molecule has 1 amide bonds. The van der Waals surface area contributed by atoms with Crippen LogP contribution in [0.5, 0.6) is 0 Å². The number of carbonyl (C=O) groups is 1. The van der Waals surface area contributed by atoms with Crippen molar-refractivity contribution in [3.8, 4) is 0 Å². The molecule has 1 heterocycles. The first kappa shape index (κ1) is 11.2. The molecule has 0 bridgehead atoms. The molecule has 2 N–H and O–H groups in total. The molecule has 0 saturated heterocycles. The van der Waals surface area contributed by atoms with E-state index in [1.54, 1.807) is 37.0 Å². The Morgan fingerprint density at radius 1 is 1.60 bits per heavy atom. The van der Waals surface area contributed by atoms with Gasteiger partial charge < -0.3 is 10.5 Å². The predicted molar refractivity (Wildman–Crippen MR) is 54.8 cm³/mol. The third-order valence-electron chi connectivity index (χ3n) is 2.20. The lowest BCUT2D eigenvalue weighted by molar-refractivity contribution is -0.114. The van der Waals surface area contributed by atoms with E-state index in [1.165, 1.54) is 7.05 Å². The first-order valence-electron chi connectivity index (χ1n) is 4.48. The van der Waals surface area contributed by atoms with Gasteiger partial charge in [0.2, 0.25) is 0 Å². The van der Waals surface area contributed by atoms with Crippen molar-refractivity contribution >= 4 is 11.6 Å². The van der Waals surface area contributed by atoms with E-state index >= 15 is 0 Å². The molecule has 6 nitrogen and oxygen atoms in total. The third-order valence-corrected chi connectivity index (χ3v) is 2.20. The zero-order valence-corrected chi connectivity index (χ0v) is 8.93. The standard InChI is InChI=1S/C9H14N4O2/c1-9(2,13-6-4-5-11-13)7(12-15)8(14)10-3/h4-6,15H,1-3H3,(H,10,14). The fourth-order valence-corrected chi connectivity index (χ4v) is 1.27. The molecule has 0 unspecified atom stereocenters. The number of aromatic nitrogens is 2. The molecule has 15 heavy (non-hydrogen) atoms. The monoisotopic (exact) mass is 210 g/mol. The Morgan fingerprint density at radius 3 is 2.67 bits per heavy atom. The number of nitrogens with zero attached hydrogens (tertiary/aromatic N) is 3. The van der Waals surface area contributed by atoms with Gasteiger partial charge in [0.05, 0.1) is 0 Å². The average molecular weight is 210 g/mol. The highest BCUT2D eigenvalue weighted by atomic mass is 16.4. The molecule has 1 rings (SSSR count). The van der Waals surface area contributed by atoms with Crippen molar-refractivity contribution in [3.63, 3.8) is 0 Å². The molecule has 1 aromatic heterocycles. The SMILES string of the molecule is CNC(=O)C(=NO)C(C)(C)n1cccn1. The molecule has 0 aliphatic heterocycles. The normalized spacial score (nSPS) is 12.6. The zero-order valence-electron chi connectivity index (χ0n) is 8.93. The summed E-state index contributed by atoms with van der Waals surface area (Å²) in [5.74, 6) is -0.432. The lowest BCUT2D eigenvalue weighted by Crippen LogP contribution is -2.45. The van der Waals surface area contributed by atoms with Gasteiger partial charge in [-0.3, -0.25) is 9.48 Å². The minimum absolute atomic E-state index is 0.00806. The molecule has 1 aromatic rings. The molecular formula is C9H14N4O2. The molecule has 0 fully saturated rings. The van der Waals surface area contributed by atoms with Crippen LogP contribution in [-0.2, 0) is 10.3 Å². The number of carbonyl (C=O) groups excluding carboxylic acids is 1. The minimum atomic E-state index is -0.793. The molecule has 6 heteroatoms. The highest BCUT2D eigenvalue weighted by Gasteiger charge is 2.33. The molecule has 0 aromatic carbocycles. The van der Waals surface area contributed by atoms with E-state index in [1.807, 2.05) is 0 Å². The van der Waals surface area contributed by atoms with Crippen molar-refractivity contribution in [3.05, 3.63) is 18.5 Å². The van der Waals surface area contributed by atoms with Gasteiger partial charge in [0.15, 0.2) is 5.71 Å². The summed E-state index contributed by atoms with van der Waals surface area (Å²) in [5.41, 5.74) is -0.785. The quantitative estimate of drug-likeness (QED) is 0.424. The predicted octanol–water partition coefficient (Wildman–Crippen LogP) is 0.194. The Morgan fingerprint density at radius 2 is 2.27 bits per heavy atom. The van der Waals surface area contributed by atoms with Crippen molar-refractivity contribution in [2.45, 2.75) is 19.4 Å². The van der Waals surface area contributed by atoms with Crippen LogP contribution in [0.4, 0.5) is 0 Å². The van der Waals surface area contributed by atoms with E-state index in [0.29, 0.717) is 0 Å². The summed E-state index contributed by atoms with van der Waals surface area (Å²) in [6.07, 6.45) is 3.30. The second-order valence-corrected chi connectivity index (χ2v) is 3.54. The van der Waals surface area contributed by atoms with Gasteiger partial charge in [0.25, 0.3) is 5.91 Å². The Labute approximate surface area is 87.6 Å². The lowest BCUT2D eigenvalue weighted by atomic mass is 9.98. The molecular weight excluding hydrogens is 196 g/mol. The van der Waals surface area contributed by atoms with E-state index in [-0.39, 0.29) is 5.71 Å². The maximum absolute atomic E-state index is 11.4. The molecule has 0 spiro atoms. The fourth-order valence-electron chi connectivity index (χ4n) is 1.27. The average Bonchev–Trinajstić information content (AvgIpc) is 2.71. The van der Waals surface area contributed by atoms with Crippen LogP contribution in [-0.4, -0.2) is 33.7 Å². The van der Waals surface area contributed by atoms with Crippen LogP contribution in [0.3, 0.4) is 0 Å². The zero-order chi connectivity index (χ0) is 11.5. The summed E-state index contributed by atoms with van der Waals surface area (Å²) in [4.78, 5) is 11.4. The van der Waals surface area contributed by atoms with Crippen molar-refractivity contribution in [1.82, 2.24) is 15.1 Å². The van der Waals surface area contributed by atoms with Crippen molar-refractivity contribution in [2.75, 3.05) is 7.05 Å². The van der Waals surface area contributed by atoms with Crippen LogP contribution in [0.25, 0.3) is 0 Å². The van der Waals surface area contributed by atoms with Gasteiger partial charge in [-0.05, 0) is 19.9 Å². The van der Waals surface area contributed by atoms with Crippen LogP contribution in [0.15, 0.2) is 23.6 Å². The minimum Gasteiger partial charge on any atom is -0.410 e. The van der Waals surface area contributed by atoms with Crippen molar-refractivity contribution in [2.24, 2.45) is 5.16 Å². The van der Waals surface area contributed by atoms with Gasteiger partial charge in [-0.15, -0.1) is 0 Å². The molecule has 0 saturated carbocycles. The second kappa shape index (κ2) is 4.12. The number of rotatable bonds is 3. The fraction of sp³-hybridized carbons (Fsp3) is 0.444. The molecule has 0 atom stereocenters. The van der Waals surface area contributed by atoms with E-state index in [9.17, 15) is 4.79 Å². The van der Waals surface area contributed by atoms with Crippen LogP contribution >= 0.6 is 0 Å². The van der Waals surface area contributed by atoms with Gasteiger partial charge >= 0.3 is 0 Å². The summed E-state index contributed by atoms with van der Waals surface area (Å²) >= 11 is 0. The van der Waals surface area contributed by atoms with Gasteiger partial charge in [-0.25, -0.2) is 0 Å². The van der Waals surface area contributed by atoms with E-state index < -0.39 is 11.4 Å². The topological polar surface area (TPSA) is 79.5 Å². The largest absolute Gasteiger partial charge is 0.410 e. The molecule has 0 radical (unpaired) electrons. The van der Waals surface area contributed by atoms with Gasteiger partial charge in [0, 0.05) is 19.4 Å². The van der Waals surface area contributed by atoms with E-state index in [2.05, 4.69) is 15.6 Å². The van der Waals surface area contributed by atoms with Gasteiger partial charge in [-0.2, -0.15) is 5.10 Å². The number of amides is 1. The molecule has 82 valence electrons. The third kappa shape index (κ3) is 1.98. The Kier molecular flexibility index (Phi) is 3.08. The highest BCUT2D eigenvalue weighted by Crippen LogP contribution is 2.16. The van der Waals surface area contributed by atoms with E-state index in [4.69, 9.17) is 5.21 Å². The van der Waals surface area contributed by atoms with Crippen LogP contribution < -0.4 is 5.32 Å². The number of nitrogens with one attached hydrogen (secondary N) is 1. The number of hydrogen-bond donors (Lipinski definition) is 2. The van der Waals surface area contributed by atoms with Crippen LogP contribution in [0.1, 0.15) is 13.8 Å².